The molecule has 2 N–H and O–H groups in total. The Bertz CT molecular complexity index is 538. The molecule has 4 nitrogen and oxygen atoms in total. The van der Waals surface area contributed by atoms with Crippen molar-refractivity contribution in [3.8, 4) is 5.75 Å². The van der Waals surface area contributed by atoms with Gasteiger partial charge in [0.1, 0.15) is 4.90 Å². The van der Waals surface area contributed by atoms with Gasteiger partial charge in [0.15, 0.2) is 28.8 Å². The topological polar surface area (TPSA) is 69.4 Å². The molecule has 1 aromatic rings. The van der Waals surface area contributed by atoms with E-state index < -0.39 is 10.0 Å². The lowest BCUT2D eigenvalue weighted by molar-refractivity contribution is 0.589. The molecule has 0 aliphatic rings. The molecule has 0 bridgehead atoms. The smallest absolute Gasteiger partial charge is 0.242 e. The molecule has 0 atom stereocenters. The summed E-state index contributed by atoms with van der Waals surface area (Å²) in [7, 11) is -3.77. The second kappa shape index (κ2) is 4.50. The van der Waals surface area contributed by atoms with Crippen molar-refractivity contribution in [3.05, 3.63) is 22.3 Å². The minimum absolute atomic E-state index is 0.0856. The van der Waals surface area contributed by atoms with E-state index in [1.807, 2.05) is 20.8 Å². The number of benzene rings is 1. The molecule has 0 saturated carbocycles. The largest absolute Gasteiger partial charge is 0.426 e. The van der Waals surface area contributed by atoms with Crippen molar-refractivity contribution in [2.75, 3.05) is 0 Å². The number of hydrogen-bond donors (Lipinski definition) is 1. The van der Waals surface area contributed by atoms with Crippen LogP contribution >= 0.6 is 23.0 Å². The lowest BCUT2D eigenvalue weighted by atomic mass is 9.99. The van der Waals surface area contributed by atoms with Gasteiger partial charge in [0, 0.05) is 0 Å². The van der Waals surface area contributed by atoms with Crippen LogP contribution in [0.15, 0.2) is 4.90 Å². The molecule has 0 aromatic heterocycles. The average molecular weight is 355 g/mol. The summed E-state index contributed by atoms with van der Waals surface area (Å²) in [5, 5.41) is 5.21. The predicted molar refractivity (Wildman–Crippen MR) is 71.4 cm³/mol. The quantitative estimate of drug-likeness (QED) is 0.828. The molecule has 0 saturated heterocycles. The lowest BCUT2D eigenvalue weighted by Crippen LogP contribution is -2.16. The molecule has 1 aromatic carbocycles. The van der Waals surface area contributed by atoms with Gasteiger partial charge in [-0.1, -0.05) is 0 Å². The lowest BCUT2D eigenvalue weighted by Gasteiger charge is -2.17. The molecule has 6 heteroatoms. The zero-order valence-corrected chi connectivity index (χ0v) is 12.6. The van der Waals surface area contributed by atoms with Crippen LogP contribution in [-0.4, -0.2) is 8.42 Å². The van der Waals surface area contributed by atoms with Crippen molar-refractivity contribution < 1.29 is 11.5 Å². The van der Waals surface area contributed by atoms with Gasteiger partial charge in [-0.2, -0.15) is 0 Å². The molecular weight excluding hydrogens is 341 g/mol. The Kier molecular flexibility index (Phi) is 3.86. The van der Waals surface area contributed by atoms with Gasteiger partial charge in [-0.25, -0.2) is 13.6 Å². The molecule has 0 radical (unpaired) electrons. The Balaban J connectivity index is 3.87. The summed E-state index contributed by atoms with van der Waals surface area (Å²) in [6, 6.07) is 0. The van der Waals surface area contributed by atoms with Gasteiger partial charge >= 0.3 is 0 Å². The van der Waals surface area contributed by atoms with Gasteiger partial charge in [-0.3, -0.25) is 0 Å². The van der Waals surface area contributed by atoms with Crippen LogP contribution in [0.25, 0.3) is 0 Å². The highest BCUT2D eigenvalue weighted by molar-refractivity contribution is 14.1. The van der Waals surface area contributed by atoms with Crippen LogP contribution in [0.4, 0.5) is 0 Å². The van der Waals surface area contributed by atoms with Crippen LogP contribution < -0.4 is 8.21 Å². The summed E-state index contributed by atoms with van der Waals surface area (Å²) in [6.45, 7) is 7.37. The summed E-state index contributed by atoms with van der Waals surface area (Å²) in [4.78, 5) is 0.0856. The first-order valence-electron chi connectivity index (χ1n) is 4.63. The maximum absolute atomic E-state index is 11.5. The Morgan fingerprint density at radius 2 is 1.44 bits per heavy atom. The van der Waals surface area contributed by atoms with Crippen LogP contribution in [0.2, 0.25) is 0 Å². The fourth-order valence-electron chi connectivity index (χ4n) is 1.68. The number of halogens is 1. The van der Waals surface area contributed by atoms with Crippen molar-refractivity contribution in [1.82, 2.24) is 0 Å². The molecule has 90 valence electrons. The number of sulfonamides is 1. The molecule has 16 heavy (non-hydrogen) atoms. The Hall–Kier alpha value is -0.340. The summed E-state index contributed by atoms with van der Waals surface area (Å²) in [6.07, 6.45) is 0. The van der Waals surface area contributed by atoms with E-state index in [0.717, 1.165) is 16.7 Å². The van der Waals surface area contributed by atoms with E-state index in [0.29, 0.717) is 11.3 Å². The van der Waals surface area contributed by atoms with Gasteiger partial charge in [-0.05, 0) is 49.9 Å². The van der Waals surface area contributed by atoms with Gasteiger partial charge in [-0.15, -0.1) is 0 Å². The number of nitrogens with two attached hydrogens (primary N) is 1. The molecule has 1 rings (SSSR count). The zero-order chi connectivity index (χ0) is 12.7. The summed E-state index contributed by atoms with van der Waals surface area (Å²) >= 11 is 1.67. The number of hydrogen-bond acceptors (Lipinski definition) is 3. The van der Waals surface area contributed by atoms with E-state index in [2.05, 4.69) is 0 Å². The molecule has 0 unspecified atom stereocenters. The van der Waals surface area contributed by atoms with Gasteiger partial charge in [0.05, 0.1) is 0 Å². The molecule has 0 aliphatic carbocycles. The highest BCUT2D eigenvalue weighted by Crippen LogP contribution is 2.36. The Morgan fingerprint density at radius 1 is 1.00 bits per heavy atom. The highest BCUT2D eigenvalue weighted by atomic mass is 127. The van der Waals surface area contributed by atoms with Crippen molar-refractivity contribution >= 4 is 33.0 Å². The van der Waals surface area contributed by atoms with E-state index in [1.54, 1.807) is 29.9 Å². The SMILES string of the molecule is Cc1c(C)c(C)c(S(N)(=O)=O)c(OI)c1C. The fourth-order valence-corrected chi connectivity index (χ4v) is 3.41. The minimum atomic E-state index is -3.77. The van der Waals surface area contributed by atoms with Crippen molar-refractivity contribution in [2.24, 2.45) is 5.14 Å². The third-order valence-electron chi connectivity index (χ3n) is 2.94. The van der Waals surface area contributed by atoms with E-state index in [-0.39, 0.29) is 4.90 Å². The van der Waals surface area contributed by atoms with Crippen molar-refractivity contribution in [3.63, 3.8) is 0 Å². The van der Waals surface area contributed by atoms with E-state index in [9.17, 15) is 8.42 Å². The summed E-state index contributed by atoms with van der Waals surface area (Å²) in [5.74, 6) is 0.337. The maximum atomic E-state index is 11.5. The second-order valence-electron chi connectivity index (χ2n) is 3.78. The van der Waals surface area contributed by atoms with Gasteiger partial charge in [0.2, 0.25) is 10.0 Å². The summed E-state index contributed by atoms with van der Waals surface area (Å²) < 4.78 is 28.2. The zero-order valence-electron chi connectivity index (χ0n) is 9.59. The first kappa shape index (κ1) is 13.7. The molecular formula is C10H14INO3S. The van der Waals surface area contributed by atoms with E-state index in [1.165, 1.54) is 0 Å². The summed E-state index contributed by atoms with van der Waals surface area (Å²) in [5.41, 5.74) is 3.41. The van der Waals surface area contributed by atoms with Crippen LogP contribution in [0.5, 0.6) is 5.75 Å². The van der Waals surface area contributed by atoms with E-state index in [4.69, 9.17) is 8.21 Å². The normalized spacial score (nSPS) is 11.6. The molecule has 0 heterocycles. The van der Waals surface area contributed by atoms with Gasteiger partial charge < -0.3 is 3.07 Å². The average Bonchev–Trinajstić information content (AvgIpc) is 2.18. The number of primary sulfonamides is 1. The second-order valence-corrected chi connectivity index (χ2v) is 5.72. The van der Waals surface area contributed by atoms with Crippen molar-refractivity contribution in [1.29, 1.82) is 0 Å². The van der Waals surface area contributed by atoms with Crippen LogP contribution in [-0.2, 0) is 10.0 Å². The fraction of sp³-hybridized carbons (Fsp3) is 0.400. The predicted octanol–water partition coefficient (Wildman–Crippen LogP) is 2.30. The third kappa shape index (κ3) is 2.18. The monoisotopic (exact) mass is 355 g/mol. The first-order valence-corrected chi connectivity index (χ1v) is 7.06. The first-order chi connectivity index (χ1) is 7.21. The van der Waals surface area contributed by atoms with E-state index >= 15 is 0 Å². The van der Waals surface area contributed by atoms with Gasteiger partial charge in [0.25, 0.3) is 0 Å². The van der Waals surface area contributed by atoms with Crippen LogP contribution in [0.3, 0.4) is 0 Å². The Morgan fingerprint density at radius 3 is 1.81 bits per heavy atom. The Labute approximate surface area is 110 Å². The molecule has 0 fully saturated rings. The standard InChI is InChI=1S/C10H14INO3S/c1-5-6(2)8(4)10(16(12,13)14)9(15-11)7(5)3/h1-4H3,(H2,12,13,14). The molecule has 0 aliphatic heterocycles. The minimum Gasteiger partial charge on any atom is -0.426 e. The van der Waals surface area contributed by atoms with Crippen LogP contribution in [0, 0.1) is 27.7 Å². The third-order valence-corrected chi connectivity index (χ3v) is 4.44. The van der Waals surface area contributed by atoms with Crippen molar-refractivity contribution in [2.45, 2.75) is 32.6 Å². The molecule has 0 spiro atoms. The maximum Gasteiger partial charge on any atom is 0.242 e. The van der Waals surface area contributed by atoms with Crippen LogP contribution in [0.1, 0.15) is 22.3 Å². The highest BCUT2D eigenvalue weighted by Gasteiger charge is 2.23. The number of rotatable bonds is 2. The molecule has 0 amide bonds.